The number of carbonyl (C=O) groups excluding carboxylic acids is 1. The number of aromatic nitrogens is 3. The van der Waals surface area contributed by atoms with E-state index in [1.54, 1.807) is 36.7 Å². The van der Waals surface area contributed by atoms with Crippen molar-refractivity contribution in [3.63, 3.8) is 0 Å². The molecular weight excluding hydrogens is 394 g/mol. The third-order valence-corrected chi connectivity index (χ3v) is 4.71. The van der Waals surface area contributed by atoms with Crippen LogP contribution >= 0.6 is 0 Å². The summed E-state index contributed by atoms with van der Waals surface area (Å²) in [5.74, 6) is -0.332. The van der Waals surface area contributed by atoms with Crippen LogP contribution in [0.4, 0.5) is 8.78 Å². The normalized spacial score (nSPS) is 13.6. The summed E-state index contributed by atoms with van der Waals surface area (Å²) in [4.78, 5) is 17.0. The molecule has 0 fully saturated rings. The summed E-state index contributed by atoms with van der Waals surface area (Å²) in [6.45, 7) is 4.26. The molecule has 3 rings (SSSR count). The first-order valence-electron chi connectivity index (χ1n) is 9.59. The van der Waals surface area contributed by atoms with E-state index in [2.05, 4.69) is 20.1 Å². The first-order valence-corrected chi connectivity index (χ1v) is 9.59. The standard InChI is InChI=1S/C21H24F2N4O3/c1-11(2)27-17-9-15(20(29)25-12(3)13(4)28)10-24-19(17)18(26-27)14-6-5-7-16(8-14)30-21(22)23/h5-13,21,28H,1-4H3,(H,25,29)/t12-,13+/m1/s1. The van der Waals surface area contributed by atoms with E-state index in [4.69, 9.17) is 0 Å². The highest BCUT2D eigenvalue weighted by Gasteiger charge is 2.20. The second kappa shape index (κ2) is 8.74. The number of fused-ring (bicyclic) bond motifs is 1. The lowest BCUT2D eigenvalue weighted by molar-refractivity contribution is -0.0498. The maximum absolute atomic E-state index is 12.6. The maximum Gasteiger partial charge on any atom is 0.387 e. The number of hydrogen-bond acceptors (Lipinski definition) is 5. The Kier molecular flexibility index (Phi) is 6.31. The molecular formula is C21H24F2N4O3. The zero-order chi connectivity index (χ0) is 22.0. The largest absolute Gasteiger partial charge is 0.435 e. The van der Waals surface area contributed by atoms with Gasteiger partial charge in [-0.15, -0.1) is 0 Å². The fourth-order valence-corrected chi connectivity index (χ4v) is 2.96. The molecule has 2 aromatic heterocycles. The molecule has 0 aliphatic carbocycles. The predicted octanol–water partition coefficient (Wildman–Crippen LogP) is 3.78. The van der Waals surface area contributed by atoms with Gasteiger partial charge < -0.3 is 15.2 Å². The first kappa shape index (κ1) is 21.6. The van der Waals surface area contributed by atoms with Gasteiger partial charge in [0.15, 0.2) is 0 Å². The topological polar surface area (TPSA) is 89.3 Å². The fraction of sp³-hybridized carbons (Fsp3) is 0.381. The Bertz CT molecular complexity index is 1050. The van der Waals surface area contributed by atoms with E-state index in [1.807, 2.05) is 13.8 Å². The Hall–Kier alpha value is -3.07. The number of pyridine rings is 1. The summed E-state index contributed by atoms with van der Waals surface area (Å²) in [7, 11) is 0. The van der Waals surface area contributed by atoms with Crippen LogP contribution < -0.4 is 10.1 Å². The number of nitrogens with zero attached hydrogens (tertiary/aromatic N) is 3. The van der Waals surface area contributed by atoms with Crippen molar-refractivity contribution in [2.75, 3.05) is 0 Å². The molecule has 0 bridgehead atoms. The highest BCUT2D eigenvalue weighted by Crippen LogP contribution is 2.31. The van der Waals surface area contributed by atoms with Gasteiger partial charge in [-0.1, -0.05) is 12.1 Å². The quantitative estimate of drug-likeness (QED) is 0.610. The molecule has 0 radical (unpaired) electrons. The van der Waals surface area contributed by atoms with Gasteiger partial charge in [-0.2, -0.15) is 13.9 Å². The summed E-state index contributed by atoms with van der Waals surface area (Å²) >= 11 is 0. The number of ether oxygens (including phenoxy) is 1. The Morgan fingerprint density at radius 2 is 1.93 bits per heavy atom. The van der Waals surface area contributed by atoms with Gasteiger partial charge in [0.1, 0.15) is 17.0 Å². The van der Waals surface area contributed by atoms with Gasteiger partial charge in [-0.25, -0.2) is 0 Å². The van der Waals surface area contributed by atoms with E-state index in [0.29, 0.717) is 27.9 Å². The van der Waals surface area contributed by atoms with Crippen molar-refractivity contribution < 1.29 is 23.4 Å². The van der Waals surface area contributed by atoms with Crippen molar-refractivity contribution in [3.8, 4) is 17.0 Å². The molecule has 2 heterocycles. The van der Waals surface area contributed by atoms with E-state index in [-0.39, 0.29) is 17.7 Å². The average molecular weight is 418 g/mol. The van der Waals surface area contributed by atoms with Gasteiger partial charge in [0.2, 0.25) is 0 Å². The molecule has 0 spiro atoms. The van der Waals surface area contributed by atoms with Crippen molar-refractivity contribution in [2.45, 2.75) is 52.5 Å². The molecule has 30 heavy (non-hydrogen) atoms. The maximum atomic E-state index is 12.6. The number of halogens is 2. The van der Waals surface area contributed by atoms with Crippen molar-refractivity contribution in [1.82, 2.24) is 20.1 Å². The van der Waals surface area contributed by atoms with Gasteiger partial charge in [0.05, 0.1) is 23.2 Å². The Morgan fingerprint density at radius 1 is 1.20 bits per heavy atom. The van der Waals surface area contributed by atoms with Gasteiger partial charge in [0.25, 0.3) is 5.91 Å². The van der Waals surface area contributed by atoms with Crippen LogP contribution in [0, 0.1) is 0 Å². The van der Waals surface area contributed by atoms with Crippen LogP contribution in [0.25, 0.3) is 22.3 Å². The van der Waals surface area contributed by atoms with Crippen LogP contribution in [-0.4, -0.2) is 44.5 Å². The molecule has 0 unspecified atom stereocenters. The molecule has 9 heteroatoms. The minimum absolute atomic E-state index is 0.0258. The van der Waals surface area contributed by atoms with Crippen LogP contribution in [0.5, 0.6) is 5.75 Å². The molecule has 7 nitrogen and oxygen atoms in total. The monoisotopic (exact) mass is 418 g/mol. The number of benzene rings is 1. The predicted molar refractivity (Wildman–Crippen MR) is 109 cm³/mol. The fourth-order valence-electron chi connectivity index (χ4n) is 2.96. The van der Waals surface area contributed by atoms with Crippen LogP contribution in [0.3, 0.4) is 0 Å². The summed E-state index contributed by atoms with van der Waals surface area (Å²) in [5.41, 5.74) is 2.58. The third-order valence-electron chi connectivity index (χ3n) is 4.71. The molecule has 3 aromatic rings. The van der Waals surface area contributed by atoms with Crippen LogP contribution in [0.1, 0.15) is 44.1 Å². The number of carbonyl (C=O) groups is 1. The summed E-state index contributed by atoms with van der Waals surface area (Å²) in [5, 5.41) is 16.9. The lowest BCUT2D eigenvalue weighted by Gasteiger charge is -2.16. The van der Waals surface area contributed by atoms with Gasteiger partial charge in [-0.3, -0.25) is 14.5 Å². The lowest BCUT2D eigenvalue weighted by atomic mass is 10.1. The number of hydrogen-bond donors (Lipinski definition) is 2. The zero-order valence-corrected chi connectivity index (χ0v) is 17.1. The number of aliphatic hydroxyl groups is 1. The van der Waals surface area contributed by atoms with E-state index < -0.39 is 18.8 Å². The number of rotatable bonds is 7. The van der Waals surface area contributed by atoms with Crippen molar-refractivity contribution in [3.05, 3.63) is 42.1 Å². The van der Waals surface area contributed by atoms with Crippen molar-refractivity contribution in [2.24, 2.45) is 0 Å². The van der Waals surface area contributed by atoms with Gasteiger partial charge in [0, 0.05) is 17.8 Å². The number of nitrogens with one attached hydrogen (secondary N) is 1. The highest BCUT2D eigenvalue weighted by molar-refractivity contribution is 5.99. The van der Waals surface area contributed by atoms with Crippen LogP contribution in [0.2, 0.25) is 0 Å². The van der Waals surface area contributed by atoms with E-state index in [0.717, 1.165) is 0 Å². The Balaban J connectivity index is 2.05. The molecule has 0 aliphatic rings. The van der Waals surface area contributed by atoms with Crippen LogP contribution in [0.15, 0.2) is 36.5 Å². The van der Waals surface area contributed by atoms with E-state index >= 15 is 0 Å². The average Bonchev–Trinajstić information content (AvgIpc) is 3.06. The summed E-state index contributed by atoms with van der Waals surface area (Å²) < 4.78 is 31.4. The minimum atomic E-state index is -2.92. The lowest BCUT2D eigenvalue weighted by Crippen LogP contribution is -2.39. The van der Waals surface area contributed by atoms with Crippen molar-refractivity contribution >= 4 is 16.9 Å². The van der Waals surface area contributed by atoms with Gasteiger partial charge >= 0.3 is 6.61 Å². The minimum Gasteiger partial charge on any atom is -0.435 e. The molecule has 1 amide bonds. The van der Waals surface area contributed by atoms with E-state index in [9.17, 15) is 18.7 Å². The third kappa shape index (κ3) is 4.56. The SMILES string of the molecule is CC(C)n1nc(-c2cccc(OC(F)F)c2)c2ncc(C(=O)N[C@H](C)[C@H](C)O)cc21. The Morgan fingerprint density at radius 3 is 2.57 bits per heavy atom. The van der Waals surface area contributed by atoms with Crippen LogP contribution in [-0.2, 0) is 0 Å². The second-order valence-corrected chi connectivity index (χ2v) is 7.39. The molecule has 0 aliphatic heterocycles. The molecule has 2 N–H and O–H groups in total. The summed E-state index contributed by atoms with van der Waals surface area (Å²) in [6.07, 6.45) is 0.739. The Labute approximate surface area is 172 Å². The smallest absolute Gasteiger partial charge is 0.387 e. The van der Waals surface area contributed by atoms with Gasteiger partial charge in [-0.05, 0) is 45.9 Å². The van der Waals surface area contributed by atoms with Crippen molar-refractivity contribution in [1.29, 1.82) is 0 Å². The molecule has 160 valence electrons. The molecule has 1 aromatic carbocycles. The number of alkyl halides is 2. The second-order valence-electron chi connectivity index (χ2n) is 7.39. The molecule has 0 saturated heterocycles. The van der Waals surface area contributed by atoms with E-state index in [1.165, 1.54) is 18.3 Å². The molecule has 0 saturated carbocycles. The highest BCUT2D eigenvalue weighted by atomic mass is 19.3. The summed E-state index contributed by atoms with van der Waals surface area (Å²) in [6, 6.07) is 7.49. The number of amides is 1. The first-order chi connectivity index (χ1) is 14.2. The molecule has 2 atom stereocenters. The zero-order valence-electron chi connectivity index (χ0n) is 17.1. The number of aliphatic hydroxyl groups excluding tert-OH is 1.